The zero-order valence-electron chi connectivity index (χ0n) is 23.8. The van der Waals surface area contributed by atoms with E-state index in [4.69, 9.17) is 18.9 Å². The van der Waals surface area contributed by atoms with Crippen molar-refractivity contribution in [1.29, 1.82) is 0 Å². The maximum atomic E-state index is 13.7. The number of carbonyl (C=O) groups excluding carboxylic acids is 5. The fraction of sp³-hybridized carbons (Fsp3) is 0.593. The molecule has 0 heterocycles. The fourth-order valence-electron chi connectivity index (χ4n) is 4.54. The van der Waals surface area contributed by atoms with Crippen LogP contribution in [0, 0.1) is 35.0 Å². The van der Waals surface area contributed by atoms with Crippen LogP contribution < -0.4 is 10.1 Å². The monoisotopic (exact) mass is 625 g/mol. The SMILES string of the molecule is CC(=O)NC1C(OCCCCCC(=O)Oc2c(F)c(F)c(F)c(F)c2F)CC(COC(C)=O)C(OC(C)=O)C1OC(C)=O. The van der Waals surface area contributed by atoms with Gasteiger partial charge in [0.25, 0.3) is 0 Å². The third-order valence-corrected chi connectivity index (χ3v) is 6.30. The molecule has 0 saturated heterocycles. The zero-order valence-corrected chi connectivity index (χ0v) is 23.8. The summed E-state index contributed by atoms with van der Waals surface area (Å²) < 4.78 is 93.4. The molecule has 0 aliphatic heterocycles. The molecule has 1 saturated carbocycles. The van der Waals surface area contributed by atoms with Crippen LogP contribution in [0.1, 0.15) is 59.8 Å². The summed E-state index contributed by atoms with van der Waals surface area (Å²) in [5.41, 5.74) is 0. The van der Waals surface area contributed by atoms with Gasteiger partial charge in [0.2, 0.25) is 40.7 Å². The number of hydrogen-bond donors (Lipinski definition) is 1. The second-order valence-electron chi connectivity index (χ2n) is 9.77. The molecule has 5 atom stereocenters. The van der Waals surface area contributed by atoms with E-state index in [0.29, 0.717) is 12.8 Å². The summed E-state index contributed by atoms with van der Waals surface area (Å²) in [6.45, 7) is 4.50. The van der Waals surface area contributed by atoms with Crippen molar-refractivity contribution < 1.29 is 69.6 Å². The molecule has 1 aromatic rings. The predicted octanol–water partition coefficient (Wildman–Crippen LogP) is 3.18. The van der Waals surface area contributed by atoms with Gasteiger partial charge in [-0.3, -0.25) is 24.0 Å². The Kier molecular flexibility index (Phi) is 13.3. The number of unbranched alkanes of at least 4 members (excludes halogenated alkanes) is 2. The maximum Gasteiger partial charge on any atom is 0.311 e. The zero-order chi connectivity index (χ0) is 32.4. The summed E-state index contributed by atoms with van der Waals surface area (Å²) in [6, 6.07) is -0.962. The highest BCUT2D eigenvalue weighted by molar-refractivity contribution is 5.74. The van der Waals surface area contributed by atoms with Crippen molar-refractivity contribution in [2.45, 2.75) is 84.2 Å². The first-order valence-corrected chi connectivity index (χ1v) is 13.2. The minimum Gasteiger partial charge on any atom is -0.465 e. The summed E-state index contributed by atoms with van der Waals surface area (Å²) in [5, 5.41) is 2.65. The highest BCUT2D eigenvalue weighted by Gasteiger charge is 2.50. The van der Waals surface area contributed by atoms with Gasteiger partial charge in [-0.2, -0.15) is 8.78 Å². The van der Waals surface area contributed by atoms with Crippen LogP contribution in [0.4, 0.5) is 22.0 Å². The first-order chi connectivity index (χ1) is 20.1. The van der Waals surface area contributed by atoms with E-state index in [1.807, 2.05) is 0 Å². The molecule has 0 bridgehead atoms. The van der Waals surface area contributed by atoms with Gasteiger partial charge < -0.3 is 29.0 Å². The van der Waals surface area contributed by atoms with Crippen LogP contribution in [0.3, 0.4) is 0 Å². The average Bonchev–Trinajstić information content (AvgIpc) is 2.91. The summed E-state index contributed by atoms with van der Waals surface area (Å²) in [4.78, 5) is 59.1. The summed E-state index contributed by atoms with van der Waals surface area (Å²) in [5.74, 6) is -17.5. The van der Waals surface area contributed by atoms with Crippen LogP contribution in [-0.4, -0.2) is 67.4 Å². The molecule has 240 valence electrons. The maximum absolute atomic E-state index is 13.7. The van der Waals surface area contributed by atoms with Crippen LogP contribution >= 0.6 is 0 Å². The van der Waals surface area contributed by atoms with Gasteiger partial charge in [-0.15, -0.1) is 0 Å². The quantitative estimate of drug-likeness (QED) is 0.0660. The van der Waals surface area contributed by atoms with E-state index in [1.165, 1.54) is 13.8 Å². The van der Waals surface area contributed by atoms with Crippen LogP contribution in [-0.2, 0) is 42.9 Å². The lowest BCUT2D eigenvalue weighted by molar-refractivity contribution is -0.193. The minimum atomic E-state index is -2.38. The molecule has 5 unspecified atom stereocenters. The molecule has 16 heteroatoms. The van der Waals surface area contributed by atoms with E-state index in [0.717, 1.165) is 13.8 Å². The highest BCUT2D eigenvalue weighted by Crippen LogP contribution is 2.33. The standard InChI is InChI=1S/C27H32F5NO10/c1-12(34)33-24-17(10-16(11-40-13(2)35)25(41-14(3)36)27(24)42-15(4)37)39-9-7-5-6-8-18(38)43-26-22(31)20(29)19(28)21(30)23(26)32/h16-17,24-25,27H,5-11H2,1-4H3,(H,33,34). The lowest BCUT2D eigenvalue weighted by atomic mass is 9.79. The molecule has 0 spiro atoms. The van der Waals surface area contributed by atoms with Crippen LogP contribution in [0.5, 0.6) is 5.75 Å². The van der Waals surface area contributed by atoms with Gasteiger partial charge >= 0.3 is 23.9 Å². The van der Waals surface area contributed by atoms with Gasteiger partial charge in [-0.25, -0.2) is 13.2 Å². The molecule has 1 amide bonds. The number of carbonyl (C=O) groups is 5. The van der Waals surface area contributed by atoms with Crippen molar-refractivity contribution in [3.05, 3.63) is 29.1 Å². The van der Waals surface area contributed by atoms with Gasteiger partial charge in [0.15, 0.2) is 6.10 Å². The van der Waals surface area contributed by atoms with Crippen molar-refractivity contribution in [2.75, 3.05) is 13.2 Å². The Balaban J connectivity index is 2.03. The summed E-state index contributed by atoms with van der Waals surface area (Å²) in [6.07, 6.45) is -2.69. The van der Waals surface area contributed by atoms with Gasteiger partial charge in [0, 0.05) is 46.6 Å². The molecular weight excluding hydrogens is 593 g/mol. The Labute approximate surface area is 243 Å². The third kappa shape index (κ3) is 10.1. The van der Waals surface area contributed by atoms with Gasteiger partial charge in [0.05, 0.1) is 18.8 Å². The number of halogens is 5. The Bertz CT molecular complexity index is 1180. The number of rotatable bonds is 13. The molecule has 1 N–H and O–H groups in total. The third-order valence-electron chi connectivity index (χ3n) is 6.30. The average molecular weight is 626 g/mol. The second kappa shape index (κ2) is 16.1. The lowest BCUT2D eigenvalue weighted by Crippen LogP contribution is -2.63. The van der Waals surface area contributed by atoms with Crippen molar-refractivity contribution in [3.63, 3.8) is 0 Å². The number of hydrogen-bond acceptors (Lipinski definition) is 10. The summed E-state index contributed by atoms with van der Waals surface area (Å²) >= 11 is 0. The van der Waals surface area contributed by atoms with Crippen molar-refractivity contribution in [3.8, 4) is 5.75 Å². The fourth-order valence-corrected chi connectivity index (χ4v) is 4.54. The Hall–Kier alpha value is -3.82. The number of nitrogens with one attached hydrogen (secondary N) is 1. The molecule has 11 nitrogen and oxygen atoms in total. The molecule has 0 aromatic heterocycles. The molecule has 1 aromatic carbocycles. The van der Waals surface area contributed by atoms with Gasteiger partial charge in [-0.1, -0.05) is 6.42 Å². The van der Waals surface area contributed by atoms with E-state index in [9.17, 15) is 45.9 Å². The lowest BCUT2D eigenvalue weighted by Gasteiger charge is -2.45. The highest BCUT2D eigenvalue weighted by atomic mass is 19.2. The van der Waals surface area contributed by atoms with Crippen molar-refractivity contribution >= 4 is 29.8 Å². The van der Waals surface area contributed by atoms with Crippen LogP contribution in [0.25, 0.3) is 0 Å². The van der Waals surface area contributed by atoms with E-state index in [1.54, 1.807) is 0 Å². The smallest absolute Gasteiger partial charge is 0.311 e. The number of amides is 1. The molecule has 1 aliphatic carbocycles. The van der Waals surface area contributed by atoms with E-state index >= 15 is 0 Å². The largest absolute Gasteiger partial charge is 0.465 e. The van der Waals surface area contributed by atoms with Gasteiger partial charge in [0.1, 0.15) is 6.10 Å². The Morgan fingerprint density at radius 2 is 1.30 bits per heavy atom. The van der Waals surface area contributed by atoms with Crippen LogP contribution in [0.15, 0.2) is 0 Å². The molecular formula is C27H32F5NO10. The van der Waals surface area contributed by atoms with E-state index < -0.39 is 101 Å². The minimum absolute atomic E-state index is 0.0404. The first-order valence-electron chi connectivity index (χ1n) is 13.2. The van der Waals surface area contributed by atoms with E-state index in [2.05, 4.69) is 10.1 Å². The van der Waals surface area contributed by atoms with E-state index in [-0.39, 0.29) is 26.1 Å². The number of ether oxygens (including phenoxy) is 5. The molecule has 0 radical (unpaired) electrons. The Morgan fingerprint density at radius 3 is 1.84 bits per heavy atom. The summed E-state index contributed by atoms with van der Waals surface area (Å²) in [7, 11) is 0. The first kappa shape index (κ1) is 35.4. The topological polar surface area (TPSA) is 144 Å². The molecule has 43 heavy (non-hydrogen) atoms. The molecule has 1 fully saturated rings. The molecule has 1 aliphatic rings. The van der Waals surface area contributed by atoms with Crippen molar-refractivity contribution in [1.82, 2.24) is 5.32 Å². The van der Waals surface area contributed by atoms with Crippen LogP contribution in [0.2, 0.25) is 0 Å². The Morgan fingerprint density at radius 1 is 0.744 bits per heavy atom. The van der Waals surface area contributed by atoms with Gasteiger partial charge in [-0.05, 0) is 19.3 Å². The normalized spacial score (nSPS) is 21.5. The van der Waals surface area contributed by atoms with Crippen molar-refractivity contribution in [2.24, 2.45) is 5.92 Å². The second-order valence-corrected chi connectivity index (χ2v) is 9.77. The molecule has 2 rings (SSSR count). The number of esters is 4. The number of benzene rings is 1. The predicted molar refractivity (Wildman–Crippen MR) is 134 cm³/mol.